The Morgan fingerprint density at radius 2 is 1.73 bits per heavy atom. The second-order valence-electron chi connectivity index (χ2n) is 12.0. The first kappa shape index (κ1) is 24.3. The summed E-state index contributed by atoms with van der Waals surface area (Å²) < 4.78 is 0. The third kappa shape index (κ3) is 3.98. The number of aliphatic hydroxyl groups is 1. The maximum Gasteiger partial charge on any atom is 0.156 e. The van der Waals surface area contributed by atoms with Gasteiger partial charge in [-0.2, -0.15) is 0 Å². The molecule has 5 atom stereocenters. The molecule has 0 heterocycles. The Labute approximate surface area is 221 Å². The molecule has 0 aromatic heterocycles. The van der Waals surface area contributed by atoms with Crippen molar-refractivity contribution in [1.82, 2.24) is 0 Å². The zero-order chi connectivity index (χ0) is 25.8. The Balaban J connectivity index is 1.46. The van der Waals surface area contributed by atoms with Crippen LogP contribution in [0.15, 0.2) is 77.4 Å². The Kier molecular flexibility index (Phi) is 5.92. The Morgan fingerprint density at radius 1 is 0.973 bits per heavy atom. The zero-order valence-electron chi connectivity index (χ0n) is 22.3. The van der Waals surface area contributed by atoms with Crippen LogP contribution in [-0.2, 0) is 4.79 Å². The fourth-order valence-corrected chi connectivity index (χ4v) is 7.87. The molecule has 3 heteroatoms. The van der Waals surface area contributed by atoms with Crippen LogP contribution in [0.3, 0.4) is 0 Å². The van der Waals surface area contributed by atoms with Crippen LogP contribution in [0.2, 0.25) is 0 Å². The average Bonchev–Trinajstić information content (AvgIpc) is 3.17. The minimum absolute atomic E-state index is 0.234. The molecule has 2 aromatic carbocycles. The topological polar surface area (TPSA) is 40.5 Å². The van der Waals surface area contributed by atoms with E-state index in [-0.39, 0.29) is 17.1 Å². The lowest BCUT2D eigenvalue weighted by Crippen LogP contribution is -2.51. The van der Waals surface area contributed by atoms with Crippen molar-refractivity contribution in [3.05, 3.63) is 88.5 Å². The van der Waals surface area contributed by atoms with Gasteiger partial charge in [-0.15, -0.1) is 0 Å². The largest absolute Gasteiger partial charge is 0.378 e. The molecule has 190 valence electrons. The van der Waals surface area contributed by atoms with E-state index in [0.29, 0.717) is 18.3 Å². The van der Waals surface area contributed by atoms with Gasteiger partial charge >= 0.3 is 0 Å². The van der Waals surface area contributed by atoms with Crippen molar-refractivity contribution < 1.29 is 9.90 Å². The summed E-state index contributed by atoms with van der Waals surface area (Å²) in [6.45, 7) is 2.31. The SMILES string of the molecule is CN(C)c1ccc([C@H]2C[C@@]3(C)[C@@H](CC[C@@]3(O)C#Cc3ccccc3)[C@@H]3CCC4=CC(=O)CCC4=C32)cc1. The van der Waals surface area contributed by atoms with Crippen LogP contribution in [0, 0.1) is 29.1 Å². The molecule has 3 nitrogen and oxygen atoms in total. The number of anilines is 1. The van der Waals surface area contributed by atoms with E-state index >= 15 is 0 Å². The molecule has 1 N–H and O–H groups in total. The number of ketones is 1. The monoisotopic (exact) mass is 491 g/mol. The summed E-state index contributed by atoms with van der Waals surface area (Å²) in [5.41, 5.74) is 6.45. The van der Waals surface area contributed by atoms with Gasteiger partial charge < -0.3 is 10.0 Å². The summed E-state index contributed by atoms with van der Waals surface area (Å²) in [5, 5.41) is 12.2. The highest BCUT2D eigenvalue weighted by atomic mass is 16.3. The van der Waals surface area contributed by atoms with Gasteiger partial charge in [0.15, 0.2) is 5.78 Å². The van der Waals surface area contributed by atoms with Gasteiger partial charge in [0, 0.05) is 43.1 Å². The van der Waals surface area contributed by atoms with Crippen molar-refractivity contribution in [2.75, 3.05) is 19.0 Å². The van der Waals surface area contributed by atoms with Gasteiger partial charge in [0.2, 0.25) is 0 Å². The number of rotatable bonds is 2. The zero-order valence-corrected chi connectivity index (χ0v) is 22.3. The molecule has 2 aromatic rings. The van der Waals surface area contributed by atoms with Crippen LogP contribution in [-0.4, -0.2) is 30.6 Å². The summed E-state index contributed by atoms with van der Waals surface area (Å²) in [5.74, 6) is 8.06. The van der Waals surface area contributed by atoms with Crippen molar-refractivity contribution >= 4 is 11.5 Å². The summed E-state index contributed by atoms with van der Waals surface area (Å²) in [4.78, 5) is 14.4. The van der Waals surface area contributed by atoms with E-state index in [9.17, 15) is 9.90 Å². The van der Waals surface area contributed by atoms with Gasteiger partial charge in [0.05, 0.1) is 0 Å². The Bertz CT molecular complexity index is 1340. The maximum absolute atomic E-state index is 12.3. The quantitative estimate of drug-likeness (QED) is 0.492. The molecule has 0 bridgehead atoms. The van der Waals surface area contributed by atoms with Crippen LogP contribution >= 0.6 is 0 Å². The van der Waals surface area contributed by atoms with Crippen LogP contribution in [0.4, 0.5) is 5.69 Å². The fraction of sp³-hybridized carbons (Fsp3) is 0.441. The minimum atomic E-state index is -1.01. The van der Waals surface area contributed by atoms with E-state index in [2.05, 4.69) is 62.0 Å². The van der Waals surface area contributed by atoms with E-state index in [1.54, 1.807) is 5.57 Å². The van der Waals surface area contributed by atoms with Gasteiger partial charge in [-0.1, -0.05) is 54.7 Å². The maximum atomic E-state index is 12.3. The van der Waals surface area contributed by atoms with E-state index in [0.717, 1.165) is 44.1 Å². The van der Waals surface area contributed by atoms with Crippen molar-refractivity contribution in [2.24, 2.45) is 17.3 Å². The molecule has 2 saturated carbocycles. The molecular weight excluding hydrogens is 454 g/mol. The van der Waals surface area contributed by atoms with Crippen LogP contribution in [0.1, 0.15) is 68.9 Å². The normalized spacial score (nSPS) is 32.5. The van der Waals surface area contributed by atoms with Gasteiger partial charge in [-0.05, 0) is 97.4 Å². The predicted octanol–water partition coefficient (Wildman–Crippen LogP) is 6.43. The van der Waals surface area contributed by atoms with Crippen molar-refractivity contribution in [3.8, 4) is 11.8 Å². The second kappa shape index (κ2) is 9.03. The number of fused-ring (bicyclic) bond motifs is 4. The third-order valence-corrected chi connectivity index (χ3v) is 9.89. The molecule has 4 aliphatic carbocycles. The van der Waals surface area contributed by atoms with Gasteiger partial charge in [-0.25, -0.2) is 0 Å². The number of benzene rings is 2. The second-order valence-corrected chi connectivity index (χ2v) is 12.0. The molecule has 6 rings (SSSR count). The van der Waals surface area contributed by atoms with Crippen LogP contribution in [0.5, 0.6) is 0 Å². The summed E-state index contributed by atoms with van der Waals surface area (Å²) in [6, 6.07) is 19.0. The van der Waals surface area contributed by atoms with Gasteiger partial charge in [-0.3, -0.25) is 4.79 Å². The number of carbonyl (C=O) groups is 1. The molecule has 0 spiro atoms. The number of hydrogen-bond donors (Lipinski definition) is 1. The highest BCUT2D eigenvalue weighted by molar-refractivity contribution is 5.93. The van der Waals surface area contributed by atoms with Crippen LogP contribution < -0.4 is 4.90 Å². The predicted molar refractivity (Wildman–Crippen MR) is 149 cm³/mol. The van der Waals surface area contributed by atoms with Gasteiger partial charge in [0.1, 0.15) is 5.60 Å². The van der Waals surface area contributed by atoms with E-state index < -0.39 is 5.60 Å². The summed E-state index contributed by atoms with van der Waals surface area (Å²) >= 11 is 0. The molecule has 37 heavy (non-hydrogen) atoms. The number of hydrogen-bond acceptors (Lipinski definition) is 3. The van der Waals surface area contributed by atoms with E-state index in [4.69, 9.17) is 0 Å². The number of carbonyl (C=O) groups excluding carboxylic acids is 1. The number of nitrogens with zero attached hydrogens (tertiary/aromatic N) is 1. The highest BCUT2D eigenvalue weighted by Gasteiger charge is 2.62. The van der Waals surface area contributed by atoms with Crippen molar-refractivity contribution in [2.45, 2.75) is 63.4 Å². The average molecular weight is 492 g/mol. The third-order valence-electron chi connectivity index (χ3n) is 9.89. The van der Waals surface area contributed by atoms with Crippen LogP contribution in [0.25, 0.3) is 0 Å². The van der Waals surface area contributed by atoms with Crippen molar-refractivity contribution in [1.29, 1.82) is 0 Å². The molecule has 0 amide bonds. The molecule has 4 aliphatic rings. The smallest absolute Gasteiger partial charge is 0.156 e. The van der Waals surface area contributed by atoms with E-state index in [1.165, 1.54) is 22.4 Å². The summed E-state index contributed by atoms with van der Waals surface area (Å²) in [6.07, 6.45) is 8.06. The first-order valence-electron chi connectivity index (χ1n) is 13.8. The molecule has 0 radical (unpaired) electrons. The minimum Gasteiger partial charge on any atom is -0.378 e. The lowest BCUT2D eigenvalue weighted by Gasteiger charge is -2.53. The molecule has 0 unspecified atom stereocenters. The molecule has 2 fully saturated rings. The molecule has 0 saturated heterocycles. The number of allylic oxidation sites excluding steroid dienone is 4. The van der Waals surface area contributed by atoms with Gasteiger partial charge in [0.25, 0.3) is 0 Å². The Hall–Kier alpha value is -3.09. The fourth-order valence-electron chi connectivity index (χ4n) is 7.87. The molecular formula is C34H37NO2. The lowest BCUT2D eigenvalue weighted by molar-refractivity contribution is -0.114. The van der Waals surface area contributed by atoms with Crippen molar-refractivity contribution in [3.63, 3.8) is 0 Å². The molecule has 0 aliphatic heterocycles. The highest BCUT2D eigenvalue weighted by Crippen LogP contribution is 2.66. The van der Waals surface area contributed by atoms with E-state index in [1.807, 2.05) is 36.4 Å². The lowest BCUT2D eigenvalue weighted by atomic mass is 9.51. The standard InChI is InChI=1S/C34H37NO2/c1-33-22-30(24-9-12-26(13-10-24)35(2)3)32-28-16-14-27(36)21-25(28)11-15-29(32)31(33)18-20-34(33,37)19-17-23-7-5-4-6-8-23/h4-10,12-13,21,29-31,37H,11,14-16,18,20,22H2,1-3H3/t29-,30+,31-,33-,34-/m0/s1. The first-order valence-corrected chi connectivity index (χ1v) is 13.8. The first-order chi connectivity index (χ1) is 17.8. The Morgan fingerprint density at radius 3 is 2.46 bits per heavy atom. The summed E-state index contributed by atoms with van der Waals surface area (Å²) in [7, 11) is 4.15.